The Morgan fingerprint density at radius 1 is 1.10 bits per heavy atom. The van der Waals surface area contributed by atoms with Crippen molar-refractivity contribution in [3.63, 3.8) is 0 Å². The van der Waals surface area contributed by atoms with E-state index in [9.17, 15) is 0 Å². The highest BCUT2D eigenvalue weighted by Crippen LogP contribution is 2.25. The molecule has 0 unspecified atom stereocenters. The average molecular weight is 271 g/mol. The Kier molecular flexibility index (Phi) is 4.77. The van der Waals surface area contributed by atoms with Gasteiger partial charge in [-0.15, -0.1) is 0 Å². The maximum atomic E-state index is 9.01. The average Bonchev–Trinajstić information content (AvgIpc) is 2.46. The van der Waals surface area contributed by atoms with Gasteiger partial charge in [-0.3, -0.25) is 0 Å². The Labute approximate surface area is 120 Å². The van der Waals surface area contributed by atoms with Crippen molar-refractivity contribution in [3.05, 3.63) is 64.7 Å². The van der Waals surface area contributed by atoms with E-state index >= 15 is 0 Å². The van der Waals surface area contributed by atoms with Crippen LogP contribution in [-0.4, -0.2) is 5.11 Å². The summed E-state index contributed by atoms with van der Waals surface area (Å²) >= 11 is 0. The van der Waals surface area contributed by atoms with Crippen LogP contribution in [0.1, 0.15) is 35.2 Å². The van der Waals surface area contributed by atoms with Crippen LogP contribution >= 0.6 is 0 Å². The number of aryl methyl sites for hydroxylation is 1. The van der Waals surface area contributed by atoms with Crippen molar-refractivity contribution in [1.82, 2.24) is 0 Å². The molecular weight excluding hydrogens is 250 g/mol. The topological polar surface area (TPSA) is 55.5 Å². The van der Waals surface area contributed by atoms with E-state index in [-0.39, 0.29) is 12.6 Å². The summed E-state index contributed by atoms with van der Waals surface area (Å²) in [5.41, 5.74) is 10.2. The van der Waals surface area contributed by atoms with Gasteiger partial charge in [-0.1, -0.05) is 42.0 Å². The van der Waals surface area contributed by atoms with Crippen LogP contribution in [0.3, 0.4) is 0 Å². The van der Waals surface area contributed by atoms with Crippen LogP contribution in [0.4, 0.5) is 0 Å². The van der Waals surface area contributed by atoms with Gasteiger partial charge in [-0.25, -0.2) is 0 Å². The molecule has 20 heavy (non-hydrogen) atoms. The second kappa shape index (κ2) is 6.55. The Bertz CT molecular complexity index is 562. The first-order chi connectivity index (χ1) is 9.60. The first-order valence-electron chi connectivity index (χ1n) is 6.77. The minimum absolute atomic E-state index is 0.0540. The van der Waals surface area contributed by atoms with E-state index in [1.807, 2.05) is 50.2 Å². The highest BCUT2D eigenvalue weighted by Gasteiger charge is 2.08. The number of hydrogen-bond donors (Lipinski definition) is 2. The summed E-state index contributed by atoms with van der Waals surface area (Å²) in [5, 5.41) is 9.01. The van der Waals surface area contributed by atoms with Crippen LogP contribution in [-0.2, 0) is 13.2 Å². The predicted molar refractivity (Wildman–Crippen MR) is 80.5 cm³/mol. The Morgan fingerprint density at radius 2 is 1.75 bits per heavy atom. The smallest absolute Gasteiger partial charge is 0.124 e. The zero-order valence-electron chi connectivity index (χ0n) is 12.0. The fourth-order valence-electron chi connectivity index (χ4n) is 2.06. The molecule has 106 valence electrons. The fraction of sp³-hybridized carbons (Fsp3) is 0.294. The molecule has 2 aromatic carbocycles. The molecule has 0 aromatic heterocycles. The highest BCUT2D eigenvalue weighted by atomic mass is 16.5. The summed E-state index contributed by atoms with van der Waals surface area (Å²) in [7, 11) is 0. The molecule has 0 fully saturated rings. The van der Waals surface area contributed by atoms with Gasteiger partial charge in [0.15, 0.2) is 0 Å². The molecule has 3 heteroatoms. The number of aliphatic hydroxyl groups is 1. The number of ether oxygens (including phenoxy) is 1. The van der Waals surface area contributed by atoms with Crippen molar-refractivity contribution in [2.75, 3.05) is 0 Å². The maximum Gasteiger partial charge on any atom is 0.124 e. The highest BCUT2D eigenvalue weighted by molar-refractivity contribution is 5.39. The first-order valence-corrected chi connectivity index (χ1v) is 6.77. The Morgan fingerprint density at radius 3 is 2.35 bits per heavy atom. The molecule has 3 N–H and O–H groups in total. The molecule has 2 rings (SSSR count). The van der Waals surface area contributed by atoms with E-state index in [0.29, 0.717) is 6.61 Å². The van der Waals surface area contributed by atoms with Crippen LogP contribution in [0.5, 0.6) is 5.75 Å². The van der Waals surface area contributed by atoms with Crippen LogP contribution in [0.25, 0.3) is 0 Å². The lowest BCUT2D eigenvalue weighted by atomic mass is 10.1. The lowest BCUT2D eigenvalue weighted by Crippen LogP contribution is -2.08. The van der Waals surface area contributed by atoms with Crippen molar-refractivity contribution in [2.24, 2.45) is 5.73 Å². The summed E-state index contributed by atoms with van der Waals surface area (Å²) < 4.78 is 5.87. The summed E-state index contributed by atoms with van der Waals surface area (Å²) in [6.45, 7) is 4.56. The van der Waals surface area contributed by atoms with E-state index in [1.165, 1.54) is 5.56 Å². The molecule has 2 aromatic rings. The third kappa shape index (κ3) is 3.59. The minimum atomic E-state index is -0.0540. The summed E-state index contributed by atoms with van der Waals surface area (Å²) in [4.78, 5) is 0. The molecule has 0 aliphatic heterocycles. The largest absolute Gasteiger partial charge is 0.489 e. The summed E-state index contributed by atoms with van der Waals surface area (Å²) in [6.07, 6.45) is 0. The molecule has 0 bridgehead atoms. The fourth-order valence-corrected chi connectivity index (χ4v) is 2.06. The molecule has 0 radical (unpaired) electrons. The monoisotopic (exact) mass is 271 g/mol. The number of nitrogens with two attached hydrogens (primary N) is 1. The second-order valence-electron chi connectivity index (χ2n) is 5.09. The molecule has 0 spiro atoms. The molecule has 0 saturated carbocycles. The molecule has 3 nitrogen and oxygen atoms in total. The molecule has 1 atom stereocenters. The van der Waals surface area contributed by atoms with Gasteiger partial charge in [0.25, 0.3) is 0 Å². The zero-order valence-corrected chi connectivity index (χ0v) is 12.0. The van der Waals surface area contributed by atoms with Crippen LogP contribution in [0.2, 0.25) is 0 Å². The van der Waals surface area contributed by atoms with Crippen LogP contribution in [0, 0.1) is 6.92 Å². The van der Waals surface area contributed by atoms with Crippen molar-refractivity contribution in [3.8, 4) is 5.75 Å². The Hall–Kier alpha value is -1.84. The molecule has 0 aliphatic carbocycles. The number of benzene rings is 2. The predicted octanol–water partition coefficient (Wildman–Crippen LogP) is 3.09. The van der Waals surface area contributed by atoms with Crippen molar-refractivity contribution >= 4 is 0 Å². The first kappa shape index (κ1) is 14.6. The summed E-state index contributed by atoms with van der Waals surface area (Å²) in [6, 6.07) is 13.7. The van der Waals surface area contributed by atoms with E-state index in [0.717, 1.165) is 22.4 Å². The van der Waals surface area contributed by atoms with Gasteiger partial charge in [-0.2, -0.15) is 0 Å². The number of rotatable bonds is 5. The third-order valence-electron chi connectivity index (χ3n) is 3.26. The van der Waals surface area contributed by atoms with Gasteiger partial charge in [0.1, 0.15) is 12.4 Å². The van der Waals surface area contributed by atoms with E-state index in [4.69, 9.17) is 15.6 Å². The molecular formula is C17H21NO2. The van der Waals surface area contributed by atoms with Gasteiger partial charge >= 0.3 is 0 Å². The summed E-state index contributed by atoms with van der Waals surface area (Å²) in [5.74, 6) is 0.830. The maximum absolute atomic E-state index is 9.01. The lowest BCUT2D eigenvalue weighted by Gasteiger charge is -2.15. The van der Waals surface area contributed by atoms with Gasteiger partial charge in [0.2, 0.25) is 0 Å². The standard InChI is InChI=1S/C17H21NO2/c1-12-3-8-17(16(9-12)13(2)18)20-11-15-6-4-14(10-19)5-7-15/h3-9,13,19H,10-11,18H2,1-2H3/t13-/m0/s1. The lowest BCUT2D eigenvalue weighted by molar-refractivity contribution is 0.281. The van der Waals surface area contributed by atoms with Crippen LogP contribution in [0.15, 0.2) is 42.5 Å². The molecule has 0 amide bonds. The van der Waals surface area contributed by atoms with E-state index in [1.54, 1.807) is 0 Å². The quantitative estimate of drug-likeness (QED) is 0.878. The Balaban J connectivity index is 2.10. The van der Waals surface area contributed by atoms with E-state index < -0.39 is 0 Å². The van der Waals surface area contributed by atoms with Crippen molar-refractivity contribution in [2.45, 2.75) is 33.1 Å². The molecule has 0 heterocycles. The van der Waals surface area contributed by atoms with Gasteiger partial charge in [-0.05, 0) is 31.0 Å². The second-order valence-corrected chi connectivity index (χ2v) is 5.09. The molecule has 0 aliphatic rings. The van der Waals surface area contributed by atoms with Gasteiger partial charge < -0.3 is 15.6 Å². The van der Waals surface area contributed by atoms with Gasteiger partial charge in [0.05, 0.1) is 6.61 Å². The third-order valence-corrected chi connectivity index (χ3v) is 3.26. The number of aliphatic hydroxyl groups excluding tert-OH is 1. The van der Waals surface area contributed by atoms with Crippen molar-refractivity contribution in [1.29, 1.82) is 0 Å². The van der Waals surface area contributed by atoms with Crippen LogP contribution < -0.4 is 10.5 Å². The van der Waals surface area contributed by atoms with Crippen molar-refractivity contribution < 1.29 is 9.84 Å². The van der Waals surface area contributed by atoms with E-state index in [2.05, 4.69) is 6.07 Å². The zero-order chi connectivity index (χ0) is 14.5. The minimum Gasteiger partial charge on any atom is -0.489 e. The number of hydrogen-bond acceptors (Lipinski definition) is 3. The van der Waals surface area contributed by atoms with Gasteiger partial charge in [0, 0.05) is 11.6 Å². The SMILES string of the molecule is Cc1ccc(OCc2ccc(CO)cc2)c([C@H](C)N)c1. The molecule has 0 saturated heterocycles. The normalized spacial score (nSPS) is 12.2.